The van der Waals surface area contributed by atoms with Gasteiger partial charge in [0.25, 0.3) is 0 Å². The third kappa shape index (κ3) is 2.68. The standard InChI is InChI=1S/C15H23N3/c1-17-7-9-18(10-8-17)12-13-4-5-14-3-2-6-16-15(14)11-13/h4-5,11,16H,2-3,6-10,12H2,1H3. The lowest BCUT2D eigenvalue weighted by Gasteiger charge is -2.32. The predicted molar refractivity (Wildman–Crippen MR) is 76.0 cm³/mol. The summed E-state index contributed by atoms with van der Waals surface area (Å²) < 4.78 is 0. The Balaban J connectivity index is 1.66. The molecule has 0 saturated carbocycles. The van der Waals surface area contributed by atoms with Crippen molar-refractivity contribution in [3.05, 3.63) is 29.3 Å². The normalized spacial score (nSPS) is 21.4. The van der Waals surface area contributed by atoms with Gasteiger partial charge in [-0.25, -0.2) is 0 Å². The van der Waals surface area contributed by atoms with E-state index < -0.39 is 0 Å². The van der Waals surface area contributed by atoms with Crippen molar-refractivity contribution in [1.82, 2.24) is 9.80 Å². The summed E-state index contributed by atoms with van der Waals surface area (Å²) >= 11 is 0. The number of nitrogens with zero attached hydrogens (tertiary/aromatic N) is 2. The summed E-state index contributed by atoms with van der Waals surface area (Å²) in [6, 6.07) is 6.98. The molecule has 98 valence electrons. The number of likely N-dealkylation sites (N-methyl/N-ethyl adjacent to an activating group) is 1. The van der Waals surface area contributed by atoms with Crippen molar-refractivity contribution in [2.45, 2.75) is 19.4 Å². The van der Waals surface area contributed by atoms with E-state index in [0.717, 1.165) is 13.1 Å². The first-order chi connectivity index (χ1) is 8.81. The molecule has 1 saturated heterocycles. The Morgan fingerprint density at radius 2 is 2.00 bits per heavy atom. The Morgan fingerprint density at radius 1 is 1.17 bits per heavy atom. The van der Waals surface area contributed by atoms with Crippen LogP contribution in [0.25, 0.3) is 0 Å². The van der Waals surface area contributed by atoms with E-state index in [2.05, 4.69) is 40.4 Å². The highest BCUT2D eigenvalue weighted by Gasteiger charge is 2.15. The van der Waals surface area contributed by atoms with Crippen LogP contribution in [0.15, 0.2) is 18.2 Å². The van der Waals surface area contributed by atoms with Gasteiger partial charge in [-0.05, 0) is 37.1 Å². The Kier molecular flexibility index (Phi) is 3.52. The molecular formula is C15H23N3. The van der Waals surface area contributed by atoms with E-state index in [9.17, 15) is 0 Å². The van der Waals surface area contributed by atoms with Gasteiger partial charge < -0.3 is 10.2 Å². The highest BCUT2D eigenvalue weighted by Crippen LogP contribution is 2.23. The molecule has 3 nitrogen and oxygen atoms in total. The third-order valence-corrected chi connectivity index (χ3v) is 4.11. The summed E-state index contributed by atoms with van der Waals surface area (Å²) in [4.78, 5) is 4.97. The SMILES string of the molecule is CN1CCN(Cc2ccc3c(c2)NCCC3)CC1. The molecule has 1 aromatic rings. The zero-order chi connectivity index (χ0) is 12.4. The number of benzene rings is 1. The lowest BCUT2D eigenvalue weighted by molar-refractivity contribution is 0.148. The maximum Gasteiger partial charge on any atom is 0.0375 e. The number of hydrogen-bond acceptors (Lipinski definition) is 3. The van der Waals surface area contributed by atoms with Crippen LogP contribution in [0.4, 0.5) is 5.69 Å². The molecule has 0 bridgehead atoms. The molecule has 0 aliphatic carbocycles. The van der Waals surface area contributed by atoms with E-state index in [4.69, 9.17) is 0 Å². The van der Waals surface area contributed by atoms with Crippen molar-refractivity contribution < 1.29 is 0 Å². The molecule has 0 amide bonds. The Hall–Kier alpha value is -1.06. The number of fused-ring (bicyclic) bond motifs is 1. The van der Waals surface area contributed by atoms with Gasteiger partial charge >= 0.3 is 0 Å². The smallest absolute Gasteiger partial charge is 0.0375 e. The highest BCUT2D eigenvalue weighted by molar-refractivity contribution is 5.54. The zero-order valence-corrected chi connectivity index (χ0v) is 11.3. The molecule has 1 aromatic carbocycles. The Morgan fingerprint density at radius 3 is 2.83 bits per heavy atom. The summed E-state index contributed by atoms with van der Waals surface area (Å²) in [5.41, 5.74) is 4.31. The average molecular weight is 245 g/mol. The maximum absolute atomic E-state index is 3.52. The van der Waals surface area contributed by atoms with Crippen molar-refractivity contribution in [2.24, 2.45) is 0 Å². The lowest BCUT2D eigenvalue weighted by Crippen LogP contribution is -2.43. The first-order valence-electron chi connectivity index (χ1n) is 7.08. The van der Waals surface area contributed by atoms with Crippen LogP contribution in [0, 0.1) is 0 Å². The van der Waals surface area contributed by atoms with Crippen molar-refractivity contribution in [2.75, 3.05) is 45.1 Å². The molecule has 18 heavy (non-hydrogen) atoms. The van der Waals surface area contributed by atoms with Gasteiger partial charge in [0.1, 0.15) is 0 Å². The number of piperazine rings is 1. The Labute approximate surface area is 110 Å². The summed E-state index contributed by atoms with van der Waals surface area (Å²) in [6.07, 6.45) is 2.50. The van der Waals surface area contributed by atoms with E-state index in [1.54, 1.807) is 0 Å². The minimum Gasteiger partial charge on any atom is -0.385 e. The predicted octanol–water partition coefficient (Wildman–Crippen LogP) is 1.79. The summed E-state index contributed by atoms with van der Waals surface area (Å²) in [5, 5.41) is 3.52. The number of hydrogen-bond donors (Lipinski definition) is 1. The second kappa shape index (κ2) is 5.29. The molecule has 0 radical (unpaired) electrons. The number of nitrogens with one attached hydrogen (secondary N) is 1. The van der Waals surface area contributed by atoms with Crippen LogP contribution in [0.1, 0.15) is 17.5 Å². The lowest BCUT2D eigenvalue weighted by atomic mass is 10.0. The van der Waals surface area contributed by atoms with Gasteiger partial charge in [-0.1, -0.05) is 12.1 Å². The average Bonchev–Trinajstić information content (AvgIpc) is 2.41. The van der Waals surface area contributed by atoms with Crippen molar-refractivity contribution in [1.29, 1.82) is 0 Å². The number of aryl methyl sites for hydroxylation is 1. The summed E-state index contributed by atoms with van der Waals surface area (Å²) in [7, 11) is 2.21. The Bertz CT molecular complexity index is 408. The van der Waals surface area contributed by atoms with Crippen LogP contribution in [0.3, 0.4) is 0 Å². The zero-order valence-electron chi connectivity index (χ0n) is 11.3. The minimum atomic E-state index is 1.10. The summed E-state index contributed by atoms with van der Waals surface area (Å²) in [6.45, 7) is 7.02. The fraction of sp³-hybridized carbons (Fsp3) is 0.600. The molecule has 0 aromatic heterocycles. The van der Waals surface area contributed by atoms with Gasteiger partial charge in [0, 0.05) is 45.0 Å². The molecule has 2 aliphatic heterocycles. The van der Waals surface area contributed by atoms with Gasteiger partial charge in [-0.15, -0.1) is 0 Å². The van der Waals surface area contributed by atoms with Gasteiger partial charge in [-0.3, -0.25) is 4.90 Å². The van der Waals surface area contributed by atoms with Crippen molar-refractivity contribution in [3.63, 3.8) is 0 Å². The quantitative estimate of drug-likeness (QED) is 0.857. The minimum absolute atomic E-state index is 1.10. The van der Waals surface area contributed by atoms with Crippen molar-refractivity contribution >= 4 is 5.69 Å². The van der Waals surface area contributed by atoms with Crippen LogP contribution < -0.4 is 5.32 Å². The van der Waals surface area contributed by atoms with Crippen LogP contribution in [-0.4, -0.2) is 49.6 Å². The number of anilines is 1. The first-order valence-corrected chi connectivity index (χ1v) is 7.08. The molecule has 1 N–H and O–H groups in total. The molecule has 1 fully saturated rings. The second-order valence-corrected chi connectivity index (χ2v) is 5.60. The maximum atomic E-state index is 3.52. The summed E-state index contributed by atoms with van der Waals surface area (Å²) in [5.74, 6) is 0. The van der Waals surface area contributed by atoms with E-state index in [0.29, 0.717) is 0 Å². The molecule has 0 unspecified atom stereocenters. The van der Waals surface area contributed by atoms with E-state index in [1.807, 2.05) is 0 Å². The fourth-order valence-corrected chi connectivity index (χ4v) is 2.87. The van der Waals surface area contributed by atoms with Crippen LogP contribution in [-0.2, 0) is 13.0 Å². The van der Waals surface area contributed by atoms with Gasteiger partial charge in [0.05, 0.1) is 0 Å². The van der Waals surface area contributed by atoms with Gasteiger partial charge in [0.2, 0.25) is 0 Å². The molecule has 3 heteroatoms. The van der Waals surface area contributed by atoms with Crippen LogP contribution >= 0.6 is 0 Å². The molecular weight excluding hydrogens is 222 g/mol. The van der Waals surface area contributed by atoms with Gasteiger partial charge in [-0.2, -0.15) is 0 Å². The first kappa shape index (κ1) is 12.0. The highest BCUT2D eigenvalue weighted by atomic mass is 15.2. The molecule has 0 spiro atoms. The number of rotatable bonds is 2. The van der Waals surface area contributed by atoms with E-state index in [-0.39, 0.29) is 0 Å². The molecule has 2 aliphatic rings. The fourth-order valence-electron chi connectivity index (χ4n) is 2.87. The van der Waals surface area contributed by atoms with Crippen LogP contribution in [0.2, 0.25) is 0 Å². The van der Waals surface area contributed by atoms with Crippen LogP contribution in [0.5, 0.6) is 0 Å². The molecule has 3 rings (SSSR count). The topological polar surface area (TPSA) is 18.5 Å². The van der Waals surface area contributed by atoms with Crippen molar-refractivity contribution in [3.8, 4) is 0 Å². The largest absolute Gasteiger partial charge is 0.385 e. The molecule has 2 heterocycles. The van der Waals surface area contributed by atoms with Gasteiger partial charge in [0.15, 0.2) is 0 Å². The van der Waals surface area contributed by atoms with E-state index in [1.165, 1.54) is 55.8 Å². The van der Waals surface area contributed by atoms with E-state index >= 15 is 0 Å². The molecule has 0 atom stereocenters. The third-order valence-electron chi connectivity index (χ3n) is 4.11. The monoisotopic (exact) mass is 245 g/mol. The second-order valence-electron chi connectivity index (χ2n) is 5.60.